The average molecular weight is 185 g/mol. The standard InChI is InChI=1S/C10H13F2N/c1-7-4-10(12)8(5-9(7)11)6-13(2)3/h4-5H,6H2,1-3H3. The number of hydrogen-bond donors (Lipinski definition) is 0. The summed E-state index contributed by atoms with van der Waals surface area (Å²) in [5, 5.41) is 0. The number of aryl methyl sites for hydroxylation is 1. The van der Waals surface area contributed by atoms with Gasteiger partial charge in [0.1, 0.15) is 11.6 Å². The number of nitrogens with zero attached hydrogens (tertiary/aromatic N) is 1. The fraction of sp³-hybridized carbons (Fsp3) is 0.400. The molecule has 0 bridgehead atoms. The fourth-order valence-electron chi connectivity index (χ4n) is 1.15. The molecule has 1 rings (SSSR count). The topological polar surface area (TPSA) is 3.24 Å². The van der Waals surface area contributed by atoms with Gasteiger partial charge in [0, 0.05) is 12.1 Å². The zero-order chi connectivity index (χ0) is 10.0. The van der Waals surface area contributed by atoms with E-state index in [4.69, 9.17) is 0 Å². The highest BCUT2D eigenvalue weighted by Gasteiger charge is 2.07. The van der Waals surface area contributed by atoms with E-state index in [2.05, 4.69) is 0 Å². The molecule has 3 heteroatoms. The molecule has 0 radical (unpaired) electrons. The van der Waals surface area contributed by atoms with Crippen LogP contribution < -0.4 is 0 Å². The van der Waals surface area contributed by atoms with Crippen LogP contribution in [-0.4, -0.2) is 19.0 Å². The van der Waals surface area contributed by atoms with Crippen molar-refractivity contribution in [2.24, 2.45) is 0 Å². The molecule has 0 aliphatic carbocycles. The van der Waals surface area contributed by atoms with Crippen LogP contribution in [0.15, 0.2) is 12.1 Å². The van der Waals surface area contributed by atoms with E-state index in [0.29, 0.717) is 17.7 Å². The van der Waals surface area contributed by atoms with E-state index >= 15 is 0 Å². The molecule has 0 saturated heterocycles. The number of hydrogen-bond acceptors (Lipinski definition) is 1. The van der Waals surface area contributed by atoms with Crippen LogP contribution in [0.4, 0.5) is 8.78 Å². The molecule has 0 saturated carbocycles. The number of benzene rings is 1. The molecule has 1 aromatic carbocycles. The molecule has 0 aromatic heterocycles. The quantitative estimate of drug-likeness (QED) is 0.683. The van der Waals surface area contributed by atoms with Gasteiger partial charge in [-0.15, -0.1) is 0 Å². The first kappa shape index (κ1) is 10.1. The Morgan fingerprint density at radius 2 is 1.77 bits per heavy atom. The number of rotatable bonds is 2. The highest BCUT2D eigenvalue weighted by molar-refractivity contribution is 5.25. The lowest BCUT2D eigenvalue weighted by Crippen LogP contribution is -2.12. The van der Waals surface area contributed by atoms with Crippen LogP contribution >= 0.6 is 0 Å². The van der Waals surface area contributed by atoms with Crippen molar-refractivity contribution in [2.75, 3.05) is 14.1 Å². The summed E-state index contributed by atoms with van der Waals surface area (Å²) in [5.41, 5.74) is 0.744. The van der Waals surface area contributed by atoms with Gasteiger partial charge in [-0.2, -0.15) is 0 Å². The summed E-state index contributed by atoms with van der Waals surface area (Å²) in [6.45, 7) is 1.97. The monoisotopic (exact) mass is 185 g/mol. The summed E-state index contributed by atoms with van der Waals surface area (Å²) in [7, 11) is 3.63. The molecule has 0 spiro atoms. The van der Waals surface area contributed by atoms with Gasteiger partial charge in [-0.25, -0.2) is 8.78 Å². The van der Waals surface area contributed by atoms with Crippen molar-refractivity contribution in [3.63, 3.8) is 0 Å². The second kappa shape index (κ2) is 3.83. The summed E-state index contributed by atoms with van der Waals surface area (Å²) in [5.74, 6) is -0.689. The van der Waals surface area contributed by atoms with Crippen LogP contribution in [-0.2, 0) is 6.54 Å². The normalized spacial score (nSPS) is 10.9. The first-order valence-electron chi connectivity index (χ1n) is 4.10. The van der Waals surface area contributed by atoms with E-state index in [0.717, 1.165) is 0 Å². The van der Waals surface area contributed by atoms with Crippen molar-refractivity contribution in [2.45, 2.75) is 13.5 Å². The third-order valence-electron chi connectivity index (χ3n) is 1.81. The minimum atomic E-state index is -0.349. The van der Waals surface area contributed by atoms with Crippen molar-refractivity contribution in [1.82, 2.24) is 4.90 Å². The lowest BCUT2D eigenvalue weighted by molar-refractivity contribution is 0.391. The minimum Gasteiger partial charge on any atom is -0.305 e. The maximum atomic E-state index is 13.2. The van der Waals surface area contributed by atoms with Crippen molar-refractivity contribution in [3.8, 4) is 0 Å². The van der Waals surface area contributed by atoms with Gasteiger partial charge in [-0.1, -0.05) is 0 Å². The first-order valence-corrected chi connectivity index (χ1v) is 4.10. The summed E-state index contributed by atoms with van der Waals surface area (Å²) in [4.78, 5) is 1.80. The molecular formula is C10H13F2N. The second-order valence-corrected chi connectivity index (χ2v) is 3.43. The predicted molar refractivity (Wildman–Crippen MR) is 48.5 cm³/mol. The zero-order valence-corrected chi connectivity index (χ0v) is 8.06. The van der Waals surface area contributed by atoms with Gasteiger partial charge < -0.3 is 4.90 Å². The van der Waals surface area contributed by atoms with Gasteiger partial charge in [-0.3, -0.25) is 0 Å². The molecule has 0 heterocycles. The number of halogens is 2. The predicted octanol–water partition coefficient (Wildman–Crippen LogP) is 2.33. The Kier molecular flexibility index (Phi) is 2.98. The Bertz CT molecular complexity index is 308. The lowest BCUT2D eigenvalue weighted by atomic mass is 10.1. The van der Waals surface area contributed by atoms with Crippen LogP contribution in [0, 0.1) is 18.6 Å². The van der Waals surface area contributed by atoms with E-state index in [9.17, 15) is 8.78 Å². The van der Waals surface area contributed by atoms with E-state index in [1.807, 2.05) is 14.1 Å². The third kappa shape index (κ3) is 2.49. The molecular weight excluding hydrogens is 172 g/mol. The molecule has 0 unspecified atom stereocenters. The Morgan fingerprint density at radius 3 is 2.31 bits per heavy atom. The van der Waals surface area contributed by atoms with Crippen molar-refractivity contribution in [1.29, 1.82) is 0 Å². The first-order chi connectivity index (χ1) is 6.00. The fourth-order valence-corrected chi connectivity index (χ4v) is 1.15. The molecule has 1 nitrogen and oxygen atoms in total. The van der Waals surface area contributed by atoms with Crippen LogP contribution in [0.5, 0.6) is 0 Å². The summed E-state index contributed by atoms with van der Waals surface area (Å²) in [6.07, 6.45) is 0. The lowest BCUT2D eigenvalue weighted by Gasteiger charge is -2.11. The molecule has 0 fully saturated rings. The Balaban J connectivity index is 3.01. The smallest absolute Gasteiger partial charge is 0.128 e. The third-order valence-corrected chi connectivity index (χ3v) is 1.81. The average Bonchev–Trinajstić information content (AvgIpc) is 1.99. The van der Waals surface area contributed by atoms with E-state index in [-0.39, 0.29) is 11.6 Å². The van der Waals surface area contributed by atoms with E-state index in [1.165, 1.54) is 12.1 Å². The Labute approximate surface area is 77.0 Å². The summed E-state index contributed by atoms with van der Waals surface area (Å²) >= 11 is 0. The molecule has 0 amide bonds. The van der Waals surface area contributed by atoms with Crippen LogP contribution in [0.25, 0.3) is 0 Å². The molecule has 1 aromatic rings. The highest BCUT2D eigenvalue weighted by atomic mass is 19.1. The van der Waals surface area contributed by atoms with Crippen LogP contribution in [0.3, 0.4) is 0 Å². The van der Waals surface area contributed by atoms with Crippen LogP contribution in [0.1, 0.15) is 11.1 Å². The van der Waals surface area contributed by atoms with Gasteiger partial charge in [0.15, 0.2) is 0 Å². The second-order valence-electron chi connectivity index (χ2n) is 3.43. The molecule has 0 aliphatic rings. The van der Waals surface area contributed by atoms with E-state index < -0.39 is 0 Å². The van der Waals surface area contributed by atoms with Gasteiger partial charge in [0.05, 0.1) is 0 Å². The van der Waals surface area contributed by atoms with E-state index in [1.54, 1.807) is 11.8 Å². The summed E-state index contributed by atoms with van der Waals surface area (Å²) < 4.78 is 26.2. The van der Waals surface area contributed by atoms with Gasteiger partial charge in [-0.05, 0) is 38.7 Å². The summed E-state index contributed by atoms with van der Waals surface area (Å²) in [6, 6.07) is 2.48. The van der Waals surface area contributed by atoms with Crippen molar-refractivity contribution >= 4 is 0 Å². The maximum absolute atomic E-state index is 13.2. The SMILES string of the molecule is Cc1cc(F)c(CN(C)C)cc1F. The largest absolute Gasteiger partial charge is 0.305 e. The maximum Gasteiger partial charge on any atom is 0.128 e. The van der Waals surface area contributed by atoms with Crippen LogP contribution in [0.2, 0.25) is 0 Å². The Morgan fingerprint density at radius 1 is 1.15 bits per heavy atom. The molecule has 13 heavy (non-hydrogen) atoms. The van der Waals surface area contributed by atoms with Crippen molar-refractivity contribution < 1.29 is 8.78 Å². The van der Waals surface area contributed by atoms with Crippen molar-refractivity contribution in [3.05, 3.63) is 34.9 Å². The molecule has 0 atom stereocenters. The molecule has 0 N–H and O–H groups in total. The molecule has 72 valence electrons. The van der Waals surface area contributed by atoms with Gasteiger partial charge in [0.25, 0.3) is 0 Å². The molecule has 0 aliphatic heterocycles. The Hall–Kier alpha value is -0.960. The highest BCUT2D eigenvalue weighted by Crippen LogP contribution is 2.14. The van der Waals surface area contributed by atoms with Gasteiger partial charge >= 0.3 is 0 Å². The zero-order valence-electron chi connectivity index (χ0n) is 8.06. The minimum absolute atomic E-state index is 0.340. The van der Waals surface area contributed by atoms with Gasteiger partial charge in [0.2, 0.25) is 0 Å².